The number of hydrogen-bond acceptors (Lipinski definition) is 4. The largest absolute Gasteiger partial charge is 0.490 e. The van der Waals surface area contributed by atoms with E-state index in [1.54, 1.807) is 11.8 Å². The third-order valence-electron chi connectivity index (χ3n) is 3.50. The summed E-state index contributed by atoms with van der Waals surface area (Å²) < 4.78 is 12.1. The molecule has 0 aliphatic rings. The van der Waals surface area contributed by atoms with Crippen molar-refractivity contribution in [2.45, 2.75) is 25.2 Å². The Labute approximate surface area is 167 Å². The molecule has 1 amide bonds. The molecule has 0 saturated carbocycles. The van der Waals surface area contributed by atoms with E-state index in [4.69, 9.17) is 9.47 Å². The fourth-order valence-corrected chi connectivity index (χ4v) is 3.61. The lowest BCUT2D eigenvalue weighted by atomic mass is 10.1. The maximum atomic E-state index is 12.2. The molecular formula is C20H24BrNO3S. The van der Waals surface area contributed by atoms with Crippen molar-refractivity contribution in [2.75, 3.05) is 25.5 Å². The number of hydrogen-bond donors (Lipinski definition) is 1. The summed E-state index contributed by atoms with van der Waals surface area (Å²) >= 11 is 5.25. The first kappa shape index (κ1) is 20.6. The molecule has 1 N–H and O–H groups in total. The van der Waals surface area contributed by atoms with Gasteiger partial charge in [0.1, 0.15) is 0 Å². The molecule has 6 heteroatoms. The van der Waals surface area contributed by atoms with Gasteiger partial charge in [0.2, 0.25) is 5.91 Å². The van der Waals surface area contributed by atoms with Crippen LogP contribution in [0.15, 0.2) is 51.8 Å². The van der Waals surface area contributed by atoms with Crippen molar-refractivity contribution in [2.24, 2.45) is 0 Å². The first-order valence-electron chi connectivity index (χ1n) is 8.66. The van der Waals surface area contributed by atoms with Gasteiger partial charge < -0.3 is 14.8 Å². The second-order valence-corrected chi connectivity index (χ2v) is 7.47. The first-order chi connectivity index (χ1) is 12.6. The number of benzene rings is 2. The minimum Gasteiger partial charge on any atom is -0.490 e. The van der Waals surface area contributed by atoms with E-state index in [1.807, 2.05) is 44.2 Å². The highest BCUT2D eigenvalue weighted by Crippen LogP contribution is 2.34. The molecule has 0 atom stereocenters. The molecule has 4 nitrogen and oxygen atoms in total. The van der Waals surface area contributed by atoms with Crippen molar-refractivity contribution in [1.29, 1.82) is 0 Å². The molecule has 2 aromatic rings. The highest BCUT2D eigenvalue weighted by molar-refractivity contribution is 9.10. The number of rotatable bonds is 10. The van der Waals surface area contributed by atoms with Gasteiger partial charge in [0.25, 0.3) is 0 Å². The third kappa shape index (κ3) is 6.57. The summed E-state index contributed by atoms with van der Waals surface area (Å²) in [6.07, 6.45) is 0.295. The van der Waals surface area contributed by atoms with Crippen molar-refractivity contribution in [3.8, 4) is 11.5 Å². The van der Waals surface area contributed by atoms with Crippen LogP contribution in [0.25, 0.3) is 0 Å². The summed E-state index contributed by atoms with van der Waals surface area (Å²) in [6.45, 7) is 5.59. The van der Waals surface area contributed by atoms with Crippen LogP contribution in [0.1, 0.15) is 19.4 Å². The molecule has 0 heterocycles. The van der Waals surface area contributed by atoms with E-state index in [0.29, 0.717) is 37.7 Å². The molecule has 0 aliphatic heterocycles. The Kier molecular flexibility index (Phi) is 8.85. The standard InChI is InChI=1S/C20H24BrNO3S/c1-3-24-18-12-15(17(21)14-19(18)25-4-2)13-20(23)22-10-11-26-16-8-6-5-7-9-16/h5-9,12,14H,3-4,10-11,13H2,1-2H3,(H,22,23). The van der Waals surface area contributed by atoms with Crippen LogP contribution in [0.4, 0.5) is 0 Å². The van der Waals surface area contributed by atoms with Gasteiger partial charge in [0.15, 0.2) is 11.5 Å². The van der Waals surface area contributed by atoms with Crippen molar-refractivity contribution in [3.63, 3.8) is 0 Å². The average molecular weight is 438 g/mol. The maximum Gasteiger partial charge on any atom is 0.224 e. The Morgan fingerprint density at radius 1 is 1.08 bits per heavy atom. The fourth-order valence-electron chi connectivity index (χ4n) is 2.36. The normalized spacial score (nSPS) is 10.4. The molecule has 2 rings (SSSR count). The van der Waals surface area contributed by atoms with Gasteiger partial charge in [0, 0.05) is 21.7 Å². The van der Waals surface area contributed by atoms with Gasteiger partial charge in [-0.3, -0.25) is 4.79 Å². The van der Waals surface area contributed by atoms with Gasteiger partial charge in [0.05, 0.1) is 19.6 Å². The van der Waals surface area contributed by atoms with E-state index >= 15 is 0 Å². The molecule has 2 aromatic carbocycles. The maximum absolute atomic E-state index is 12.2. The minimum atomic E-state index is -0.00836. The predicted molar refractivity (Wildman–Crippen MR) is 110 cm³/mol. The van der Waals surface area contributed by atoms with Gasteiger partial charge in [-0.05, 0) is 43.7 Å². The number of ether oxygens (including phenoxy) is 2. The molecular weight excluding hydrogens is 414 g/mol. The highest BCUT2D eigenvalue weighted by atomic mass is 79.9. The van der Waals surface area contributed by atoms with E-state index in [2.05, 4.69) is 33.4 Å². The second kappa shape index (κ2) is 11.1. The van der Waals surface area contributed by atoms with E-state index < -0.39 is 0 Å². The van der Waals surface area contributed by atoms with Crippen molar-refractivity contribution in [1.82, 2.24) is 5.32 Å². The number of halogens is 1. The molecule has 0 aliphatic carbocycles. The number of carbonyl (C=O) groups is 1. The summed E-state index contributed by atoms with van der Waals surface area (Å²) in [4.78, 5) is 13.4. The predicted octanol–water partition coefficient (Wildman–Crippen LogP) is 4.70. The Balaban J connectivity index is 1.88. The summed E-state index contributed by atoms with van der Waals surface area (Å²) in [7, 11) is 0. The van der Waals surface area contributed by atoms with Crippen LogP contribution in [-0.2, 0) is 11.2 Å². The zero-order chi connectivity index (χ0) is 18.8. The molecule has 0 saturated heterocycles. The minimum absolute atomic E-state index is 0.00836. The quantitative estimate of drug-likeness (QED) is 0.432. The Morgan fingerprint density at radius 3 is 2.38 bits per heavy atom. The van der Waals surface area contributed by atoms with Gasteiger partial charge in [-0.2, -0.15) is 0 Å². The third-order valence-corrected chi connectivity index (χ3v) is 5.25. The summed E-state index contributed by atoms with van der Waals surface area (Å²) in [6, 6.07) is 13.9. The van der Waals surface area contributed by atoms with E-state index in [1.165, 1.54) is 4.90 Å². The molecule has 26 heavy (non-hydrogen) atoms. The van der Waals surface area contributed by atoms with Crippen molar-refractivity contribution in [3.05, 3.63) is 52.5 Å². The van der Waals surface area contributed by atoms with Crippen LogP contribution in [0.3, 0.4) is 0 Å². The molecule has 0 fully saturated rings. The lowest BCUT2D eigenvalue weighted by Crippen LogP contribution is -2.27. The highest BCUT2D eigenvalue weighted by Gasteiger charge is 2.13. The summed E-state index contributed by atoms with van der Waals surface area (Å²) in [5.74, 6) is 2.18. The van der Waals surface area contributed by atoms with Crippen LogP contribution in [0.5, 0.6) is 11.5 Å². The first-order valence-corrected chi connectivity index (χ1v) is 10.4. The monoisotopic (exact) mass is 437 g/mol. The van der Waals surface area contributed by atoms with Gasteiger partial charge in [-0.25, -0.2) is 0 Å². The van der Waals surface area contributed by atoms with Crippen LogP contribution >= 0.6 is 27.7 Å². The SMILES string of the molecule is CCOc1cc(Br)c(CC(=O)NCCSc2ccccc2)cc1OCC. The molecule has 140 valence electrons. The van der Waals surface area contributed by atoms with E-state index in [0.717, 1.165) is 15.8 Å². The Bertz CT molecular complexity index is 710. The molecule has 0 radical (unpaired) electrons. The summed E-state index contributed by atoms with van der Waals surface area (Å²) in [5, 5.41) is 2.97. The topological polar surface area (TPSA) is 47.6 Å². The number of amides is 1. The van der Waals surface area contributed by atoms with Crippen molar-refractivity contribution >= 4 is 33.6 Å². The van der Waals surface area contributed by atoms with Crippen LogP contribution in [0.2, 0.25) is 0 Å². The lowest BCUT2D eigenvalue weighted by Gasteiger charge is -2.14. The van der Waals surface area contributed by atoms with E-state index in [9.17, 15) is 4.79 Å². The molecule has 0 aromatic heterocycles. The van der Waals surface area contributed by atoms with E-state index in [-0.39, 0.29) is 5.91 Å². The van der Waals surface area contributed by atoms with Crippen LogP contribution in [0, 0.1) is 0 Å². The second-order valence-electron chi connectivity index (χ2n) is 5.44. The van der Waals surface area contributed by atoms with Crippen LogP contribution in [-0.4, -0.2) is 31.4 Å². The average Bonchev–Trinajstić information content (AvgIpc) is 2.64. The Hall–Kier alpha value is -1.66. The lowest BCUT2D eigenvalue weighted by molar-refractivity contribution is -0.120. The smallest absolute Gasteiger partial charge is 0.224 e. The van der Waals surface area contributed by atoms with Crippen LogP contribution < -0.4 is 14.8 Å². The van der Waals surface area contributed by atoms with Crippen molar-refractivity contribution < 1.29 is 14.3 Å². The molecule has 0 unspecified atom stereocenters. The zero-order valence-electron chi connectivity index (χ0n) is 15.1. The fraction of sp³-hybridized carbons (Fsp3) is 0.350. The summed E-state index contributed by atoms with van der Waals surface area (Å²) in [5.41, 5.74) is 0.880. The van der Waals surface area contributed by atoms with Gasteiger partial charge >= 0.3 is 0 Å². The van der Waals surface area contributed by atoms with Gasteiger partial charge in [-0.1, -0.05) is 34.1 Å². The Morgan fingerprint density at radius 2 is 1.73 bits per heavy atom. The number of nitrogens with one attached hydrogen (secondary N) is 1. The number of thioether (sulfide) groups is 1. The molecule has 0 spiro atoms. The van der Waals surface area contributed by atoms with Gasteiger partial charge in [-0.15, -0.1) is 11.8 Å². The zero-order valence-corrected chi connectivity index (χ0v) is 17.5. The number of carbonyl (C=O) groups excluding carboxylic acids is 1. The molecule has 0 bridgehead atoms.